The Balaban J connectivity index is 1.41. The maximum Gasteiger partial charge on any atom is 0.263 e. The summed E-state index contributed by atoms with van der Waals surface area (Å²) in [6, 6.07) is 1.56. The second-order valence-electron chi connectivity index (χ2n) is 7.92. The van der Waals surface area contributed by atoms with Gasteiger partial charge >= 0.3 is 0 Å². The summed E-state index contributed by atoms with van der Waals surface area (Å²) in [5, 5.41) is 10.4. The molecule has 1 amide bonds. The monoisotopic (exact) mass is 438 g/mol. The van der Waals surface area contributed by atoms with E-state index >= 15 is 0 Å². The molecule has 1 atom stereocenters. The minimum absolute atomic E-state index is 0.0822. The highest BCUT2D eigenvalue weighted by atomic mass is 32.2. The lowest BCUT2D eigenvalue weighted by Gasteiger charge is -2.31. The van der Waals surface area contributed by atoms with Crippen molar-refractivity contribution in [3.05, 3.63) is 33.7 Å². The Bertz CT molecular complexity index is 976. The van der Waals surface area contributed by atoms with E-state index in [0.29, 0.717) is 37.8 Å². The van der Waals surface area contributed by atoms with Crippen LogP contribution in [0.15, 0.2) is 15.9 Å². The summed E-state index contributed by atoms with van der Waals surface area (Å²) < 4.78 is 31.6. The maximum atomic E-state index is 12.6. The molecule has 29 heavy (non-hydrogen) atoms. The van der Waals surface area contributed by atoms with Crippen molar-refractivity contribution in [2.24, 2.45) is 0 Å². The van der Waals surface area contributed by atoms with Gasteiger partial charge in [-0.1, -0.05) is 6.42 Å². The van der Waals surface area contributed by atoms with Gasteiger partial charge in [-0.3, -0.25) is 4.79 Å². The lowest BCUT2D eigenvalue weighted by atomic mass is 9.96. The van der Waals surface area contributed by atoms with Crippen molar-refractivity contribution in [2.45, 2.75) is 51.0 Å². The van der Waals surface area contributed by atoms with E-state index in [1.54, 1.807) is 0 Å². The summed E-state index contributed by atoms with van der Waals surface area (Å²) in [4.78, 5) is 15.3. The number of likely N-dealkylation sites (tertiary alicyclic amines) is 1. The van der Waals surface area contributed by atoms with Gasteiger partial charge in [0.1, 0.15) is 6.04 Å². The van der Waals surface area contributed by atoms with Crippen LogP contribution in [-0.2, 0) is 10.0 Å². The van der Waals surface area contributed by atoms with E-state index < -0.39 is 10.0 Å². The molecule has 0 bridgehead atoms. The molecule has 0 aliphatic carbocycles. The third kappa shape index (κ3) is 4.39. The summed E-state index contributed by atoms with van der Waals surface area (Å²) in [7, 11) is -3.32. The Morgan fingerprint density at radius 2 is 1.86 bits per heavy atom. The molecule has 2 saturated heterocycles. The van der Waals surface area contributed by atoms with Crippen LogP contribution < -0.4 is 0 Å². The van der Waals surface area contributed by atoms with Gasteiger partial charge in [-0.25, -0.2) is 8.42 Å². The molecular weight excluding hydrogens is 412 g/mol. The fraction of sp³-hybridized carbons (Fsp3) is 0.632. The van der Waals surface area contributed by atoms with Crippen LogP contribution in [0.4, 0.5) is 0 Å². The predicted octanol–water partition coefficient (Wildman–Crippen LogP) is 2.95. The zero-order valence-corrected chi connectivity index (χ0v) is 18.3. The lowest BCUT2D eigenvalue weighted by molar-refractivity contribution is 0.0710. The first kappa shape index (κ1) is 20.5. The zero-order chi connectivity index (χ0) is 20.6. The molecule has 2 aromatic heterocycles. The molecule has 0 N–H and O–H groups in total. The number of hydrogen-bond donors (Lipinski definition) is 0. The van der Waals surface area contributed by atoms with Crippen LogP contribution >= 0.6 is 11.3 Å². The van der Waals surface area contributed by atoms with Gasteiger partial charge in [-0.05, 0) is 49.6 Å². The molecule has 4 rings (SSSR count). The van der Waals surface area contributed by atoms with Gasteiger partial charge in [0.2, 0.25) is 21.8 Å². The summed E-state index contributed by atoms with van der Waals surface area (Å²) in [5.74, 6) is 1.12. The molecule has 0 saturated carbocycles. The van der Waals surface area contributed by atoms with Crippen LogP contribution in [0.3, 0.4) is 0 Å². The Hall–Kier alpha value is -1.78. The van der Waals surface area contributed by atoms with Crippen molar-refractivity contribution in [3.63, 3.8) is 0 Å². The van der Waals surface area contributed by atoms with E-state index in [9.17, 15) is 13.2 Å². The highest BCUT2D eigenvalue weighted by molar-refractivity contribution is 7.88. The molecule has 0 radical (unpaired) electrons. The van der Waals surface area contributed by atoms with E-state index in [1.165, 1.54) is 21.9 Å². The van der Waals surface area contributed by atoms with E-state index in [0.717, 1.165) is 36.1 Å². The van der Waals surface area contributed by atoms with Gasteiger partial charge in [0.15, 0.2) is 0 Å². The highest BCUT2D eigenvalue weighted by Gasteiger charge is 2.35. The molecule has 2 fully saturated rings. The molecule has 0 spiro atoms. The SMILES string of the molecule is Cc1csc(C(=O)N2CCC(c3nnc(C4CCCCN4S(C)(=O)=O)o3)CC2)c1. The standard InChI is InChI=1S/C19H26N4O4S2/c1-13-11-16(28-12-13)19(24)22-9-6-14(7-10-22)17-20-21-18(27-17)15-5-3-4-8-23(15)29(2,25)26/h11-12,14-15H,3-10H2,1-2H3. The fourth-order valence-corrected chi connectivity index (χ4v) is 6.11. The number of carbonyl (C=O) groups is 1. The van der Waals surface area contributed by atoms with Crippen molar-refractivity contribution in [2.75, 3.05) is 25.9 Å². The van der Waals surface area contributed by atoms with E-state index in [-0.39, 0.29) is 17.9 Å². The normalized spacial score (nSPS) is 22.1. The minimum atomic E-state index is -3.32. The van der Waals surface area contributed by atoms with Crippen molar-refractivity contribution in [1.82, 2.24) is 19.4 Å². The van der Waals surface area contributed by atoms with Gasteiger partial charge in [-0.2, -0.15) is 4.31 Å². The molecule has 0 aromatic carbocycles. The van der Waals surface area contributed by atoms with Crippen molar-refractivity contribution < 1.29 is 17.6 Å². The van der Waals surface area contributed by atoms with Gasteiger partial charge in [0.25, 0.3) is 5.91 Å². The van der Waals surface area contributed by atoms with Crippen LogP contribution in [0.5, 0.6) is 0 Å². The second-order valence-corrected chi connectivity index (χ2v) is 10.8. The zero-order valence-electron chi connectivity index (χ0n) is 16.7. The van der Waals surface area contributed by atoms with E-state index in [2.05, 4.69) is 10.2 Å². The molecule has 2 aliphatic heterocycles. The number of hydrogen-bond acceptors (Lipinski definition) is 7. The molecule has 2 aliphatic rings. The molecule has 8 nitrogen and oxygen atoms in total. The lowest BCUT2D eigenvalue weighted by Crippen LogP contribution is -2.38. The van der Waals surface area contributed by atoms with Crippen LogP contribution in [-0.4, -0.2) is 59.6 Å². The quantitative estimate of drug-likeness (QED) is 0.728. The van der Waals surface area contributed by atoms with Crippen LogP contribution in [0.2, 0.25) is 0 Å². The number of carbonyl (C=O) groups excluding carboxylic acids is 1. The molecule has 1 unspecified atom stereocenters. The number of aryl methyl sites for hydroxylation is 1. The maximum absolute atomic E-state index is 12.6. The summed E-state index contributed by atoms with van der Waals surface area (Å²) in [5.41, 5.74) is 1.11. The summed E-state index contributed by atoms with van der Waals surface area (Å²) in [6.45, 7) is 3.78. The Kier molecular flexibility index (Phi) is 5.76. The molecule has 4 heterocycles. The van der Waals surface area contributed by atoms with Crippen LogP contribution in [0.1, 0.15) is 71.1 Å². The van der Waals surface area contributed by atoms with Crippen molar-refractivity contribution in [3.8, 4) is 0 Å². The van der Waals surface area contributed by atoms with Crippen LogP contribution in [0.25, 0.3) is 0 Å². The average Bonchev–Trinajstić information content (AvgIpc) is 3.36. The number of rotatable bonds is 4. The number of thiophene rings is 1. The Morgan fingerprint density at radius 3 is 2.52 bits per heavy atom. The van der Waals surface area contributed by atoms with E-state index in [4.69, 9.17) is 4.42 Å². The number of piperidine rings is 2. The summed E-state index contributed by atoms with van der Waals surface area (Å²) in [6.07, 6.45) is 5.24. The number of aromatic nitrogens is 2. The molecular formula is C19H26N4O4S2. The van der Waals surface area contributed by atoms with E-state index in [1.807, 2.05) is 23.3 Å². The molecule has 158 valence electrons. The first-order chi connectivity index (χ1) is 13.8. The smallest absolute Gasteiger partial charge is 0.263 e. The van der Waals surface area contributed by atoms with Gasteiger partial charge in [0, 0.05) is 25.6 Å². The molecule has 2 aromatic rings. The van der Waals surface area contributed by atoms with Crippen molar-refractivity contribution in [1.29, 1.82) is 0 Å². The summed E-state index contributed by atoms with van der Waals surface area (Å²) >= 11 is 1.48. The van der Waals surface area contributed by atoms with Crippen molar-refractivity contribution >= 4 is 27.3 Å². The van der Waals surface area contributed by atoms with Gasteiger partial charge in [0.05, 0.1) is 11.1 Å². The first-order valence-corrected chi connectivity index (χ1v) is 12.7. The number of sulfonamides is 1. The van der Waals surface area contributed by atoms with Gasteiger partial charge < -0.3 is 9.32 Å². The highest BCUT2D eigenvalue weighted by Crippen LogP contribution is 2.34. The second kappa shape index (κ2) is 8.16. The molecule has 10 heteroatoms. The average molecular weight is 439 g/mol. The largest absolute Gasteiger partial charge is 0.423 e. The van der Waals surface area contributed by atoms with Gasteiger partial charge in [-0.15, -0.1) is 21.5 Å². The fourth-order valence-electron chi connectivity index (χ4n) is 4.12. The number of amides is 1. The Morgan fingerprint density at radius 1 is 1.14 bits per heavy atom. The first-order valence-electron chi connectivity index (χ1n) is 9.97. The predicted molar refractivity (Wildman–Crippen MR) is 109 cm³/mol. The topological polar surface area (TPSA) is 96.6 Å². The third-order valence-corrected chi connectivity index (χ3v) is 8.02. The number of nitrogens with zero attached hydrogens (tertiary/aromatic N) is 4. The Labute approximate surface area is 175 Å². The minimum Gasteiger partial charge on any atom is -0.423 e. The third-order valence-electron chi connectivity index (χ3n) is 5.69. The van der Waals surface area contributed by atoms with Crippen LogP contribution in [0, 0.1) is 6.92 Å².